The molecule has 0 saturated heterocycles. The lowest BCUT2D eigenvalue weighted by Gasteiger charge is -2.00. The van der Waals surface area contributed by atoms with Gasteiger partial charge in [0.2, 0.25) is 0 Å². The number of aryl methyl sites for hydroxylation is 1. The predicted molar refractivity (Wildman–Crippen MR) is 69.3 cm³/mol. The number of carbonyl (C=O) groups is 1. The Morgan fingerprint density at radius 1 is 1.56 bits per heavy atom. The van der Waals surface area contributed by atoms with E-state index in [0.29, 0.717) is 25.3 Å². The van der Waals surface area contributed by atoms with Gasteiger partial charge in [-0.3, -0.25) is 4.79 Å². The van der Waals surface area contributed by atoms with Gasteiger partial charge in [0.25, 0.3) is 5.91 Å². The minimum Gasteiger partial charge on any atom is -0.346 e. The number of aromatic nitrogens is 3. The summed E-state index contributed by atoms with van der Waals surface area (Å²) >= 11 is 1.57. The van der Waals surface area contributed by atoms with Crippen molar-refractivity contribution >= 4 is 17.2 Å². The molecule has 0 atom stereocenters. The molecule has 6 nitrogen and oxygen atoms in total. The van der Waals surface area contributed by atoms with Crippen LogP contribution in [-0.4, -0.2) is 27.0 Å². The highest BCUT2D eigenvalue weighted by Gasteiger charge is 2.09. The van der Waals surface area contributed by atoms with Gasteiger partial charge in [-0.25, -0.2) is 9.97 Å². The summed E-state index contributed by atoms with van der Waals surface area (Å²) in [6.07, 6.45) is 5.08. The normalized spacial score (nSPS) is 10.6. The first kappa shape index (κ1) is 12.7. The second-order valence-corrected chi connectivity index (χ2v) is 5.13. The Hall–Kier alpha value is -1.73. The van der Waals surface area contributed by atoms with Crippen LogP contribution in [0.5, 0.6) is 0 Å². The van der Waals surface area contributed by atoms with Crippen LogP contribution >= 0.6 is 11.3 Å². The van der Waals surface area contributed by atoms with Crippen LogP contribution in [0.15, 0.2) is 18.7 Å². The molecule has 0 fully saturated rings. The fourth-order valence-corrected chi connectivity index (χ4v) is 2.23. The van der Waals surface area contributed by atoms with E-state index in [1.165, 1.54) is 0 Å². The first-order valence-corrected chi connectivity index (χ1v) is 6.42. The van der Waals surface area contributed by atoms with Crippen molar-refractivity contribution in [2.45, 2.75) is 20.0 Å². The molecule has 0 aliphatic heterocycles. The molecule has 0 aliphatic rings. The molecule has 2 aromatic heterocycles. The molecule has 0 radical (unpaired) electrons. The molecule has 3 N–H and O–H groups in total. The average molecular weight is 265 g/mol. The van der Waals surface area contributed by atoms with Crippen LogP contribution in [0.1, 0.15) is 20.4 Å². The Kier molecular flexibility index (Phi) is 4.06. The van der Waals surface area contributed by atoms with Gasteiger partial charge >= 0.3 is 0 Å². The van der Waals surface area contributed by atoms with E-state index >= 15 is 0 Å². The van der Waals surface area contributed by atoms with E-state index in [1.807, 2.05) is 6.92 Å². The molecule has 0 unspecified atom stereocenters. The lowest BCUT2D eigenvalue weighted by molar-refractivity contribution is 0.0946. The standard InChI is InChI=1S/C11H15N5OS/c1-8-13-4-9(18-8)5-14-11(17)10-6-16(3-2-12)7-15-10/h4,6-7H,2-3,5,12H2,1H3,(H,14,17). The van der Waals surface area contributed by atoms with Crippen LogP contribution in [-0.2, 0) is 13.1 Å². The zero-order chi connectivity index (χ0) is 13.0. The lowest BCUT2D eigenvalue weighted by atomic mass is 10.4. The Labute approximate surface area is 109 Å². The van der Waals surface area contributed by atoms with Crippen molar-refractivity contribution in [2.24, 2.45) is 5.73 Å². The van der Waals surface area contributed by atoms with Gasteiger partial charge in [-0.05, 0) is 6.92 Å². The Balaban J connectivity index is 1.90. The number of nitrogens with one attached hydrogen (secondary N) is 1. The van der Waals surface area contributed by atoms with Gasteiger partial charge in [0.15, 0.2) is 0 Å². The molecule has 0 bridgehead atoms. The molecule has 96 valence electrons. The summed E-state index contributed by atoms with van der Waals surface area (Å²) < 4.78 is 1.80. The summed E-state index contributed by atoms with van der Waals surface area (Å²) in [5.41, 5.74) is 5.84. The fourth-order valence-electron chi connectivity index (χ4n) is 1.49. The summed E-state index contributed by atoms with van der Waals surface area (Å²) in [4.78, 5) is 21.0. The monoisotopic (exact) mass is 265 g/mol. The Morgan fingerprint density at radius 2 is 2.39 bits per heavy atom. The number of hydrogen-bond acceptors (Lipinski definition) is 5. The molecular weight excluding hydrogens is 250 g/mol. The quantitative estimate of drug-likeness (QED) is 0.826. The molecule has 2 rings (SSSR count). The number of nitrogens with two attached hydrogens (primary N) is 1. The summed E-state index contributed by atoms with van der Waals surface area (Å²) in [5.74, 6) is -0.183. The average Bonchev–Trinajstić information content (AvgIpc) is 2.96. The number of rotatable bonds is 5. The topological polar surface area (TPSA) is 85.8 Å². The first-order valence-electron chi connectivity index (χ1n) is 5.60. The molecular formula is C11H15N5OS. The van der Waals surface area contributed by atoms with Crippen LogP contribution in [0.3, 0.4) is 0 Å². The van der Waals surface area contributed by atoms with Crippen molar-refractivity contribution in [2.75, 3.05) is 6.54 Å². The number of nitrogens with zero attached hydrogens (tertiary/aromatic N) is 3. The highest BCUT2D eigenvalue weighted by atomic mass is 32.1. The summed E-state index contributed by atoms with van der Waals surface area (Å²) in [6, 6.07) is 0. The number of carbonyl (C=O) groups excluding carboxylic acids is 1. The molecule has 0 saturated carbocycles. The third-order valence-electron chi connectivity index (χ3n) is 2.35. The van der Waals surface area contributed by atoms with Crippen LogP contribution in [0.25, 0.3) is 0 Å². The van der Waals surface area contributed by atoms with Crippen molar-refractivity contribution in [3.8, 4) is 0 Å². The van der Waals surface area contributed by atoms with Gasteiger partial charge in [-0.2, -0.15) is 0 Å². The van der Waals surface area contributed by atoms with E-state index < -0.39 is 0 Å². The lowest BCUT2D eigenvalue weighted by Crippen LogP contribution is -2.22. The molecule has 0 spiro atoms. The van der Waals surface area contributed by atoms with E-state index in [9.17, 15) is 4.79 Å². The van der Waals surface area contributed by atoms with Crippen LogP contribution < -0.4 is 11.1 Å². The van der Waals surface area contributed by atoms with Gasteiger partial charge in [0, 0.05) is 30.4 Å². The van der Waals surface area contributed by atoms with Gasteiger partial charge in [-0.1, -0.05) is 0 Å². The van der Waals surface area contributed by atoms with E-state index in [-0.39, 0.29) is 5.91 Å². The molecule has 2 heterocycles. The maximum absolute atomic E-state index is 11.8. The first-order chi connectivity index (χ1) is 8.69. The number of hydrogen-bond donors (Lipinski definition) is 2. The maximum Gasteiger partial charge on any atom is 0.271 e. The van der Waals surface area contributed by atoms with Crippen LogP contribution in [0, 0.1) is 6.92 Å². The minimum atomic E-state index is -0.183. The Bertz CT molecular complexity index is 533. The summed E-state index contributed by atoms with van der Waals surface area (Å²) in [6.45, 7) is 3.60. The third-order valence-corrected chi connectivity index (χ3v) is 3.26. The van der Waals surface area contributed by atoms with Gasteiger partial charge < -0.3 is 15.6 Å². The van der Waals surface area contributed by atoms with E-state index in [1.54, 1.807) is 34.6 Å². The maximum atomic E-state index is 11.8. The zero-order valence-corrected chi connectivity index (χ0v) is 10.9. The molecule has 18 heavy (non-hydrogen) atoms. The molecule has 0 aromatic carbocycles. The smallest absolute Gasteiger partial charge is 0.271 e. The fraction of sp³-hybridized carbons (Fsp3) is 0.364. The predicted octanol–water partition coefficient (Wildman–Crippen LogP) is 0.537. The molecule has 0 aliphatic carbocycles. The summed E-state index contributed by atoms with van der Waals surface area (Å²) in [7, 11) is 0. The number of amides is 1. The molecule has 1 amide bonds. The van der Waals surface area contributed by atoms with Gasteiger partial charge in [0.05, 0.1) is 17.9 Å². The number of imidazole rings is 1. The van der Waals surface area contributed by atoms with Crippen molar-refractivity contribution < 1.29 is 4.79 Å². The van der Waals surface area contributed by atoms with Gasteiger partial charge in [-0.15, -0.1) is 11.3 Å². The van der Waals surface area contributed by atoms with Crippen molar-refractivity contribution in [3.63, 3.8) is 0 Å². The SMILES string of the molecule is Cc1ncc(CNC(=O)c2cn(CCN)cn2)s1. The molecule has 7 heteroatoms. The largest absolute Gasteiger partial charge is 0.346 e. The van der Waals surface area contributed by atoms with E-state index in [4.69, 9.17) is 5.73 Å². The highest BCUT2D eigenvalue weighted by Crippen LogP contribution is 2.10. The van der Waals surface area contributed by atoms with Crippen molar-refractivity contribution in [1.29, 1.82) is 0 Å². The highest BCUT2D eigenvalue weighted by molar-refractivity contribution is 7.11. The minimum absolute atomic E-state index is 0.183. The summed E-state index contributed by atoms with van der Waals surface area (Å²) in [5, 5.41) is 3.80. The van der Waals surface area contributed by atoms with Crippen molar-refractivity contribution in [1.82, 2.24) is 19.9 Å². The zero-order valence-electron chi connectivity index (χ0n) is 10.1. The number of thiazole rings is 1. The Morgan fingerprint density at radius 3 is 3.06 bits per heavy atom. The van der Waals surface area contributed by atoms with E-state index in [0.717, 1.165) is 9.88 Å². The van der Waals surface area contributed by atoms with Crippen LogP contribution in [0.4, 0.5) is 0 Å². The third kappa shape index (κ3) is 3.14. The molecule has 2 aromatic rings. The van der Waals surface area contributed by atoms with Gasteiger partial charge in [0.1, 0.15) is 5.69 Å². The van der Waals surface area contributed by atoms with Crippen LogP contribution in [0.2, 0.25) is 0 Å². The second kappa shape index (κ2) is 5.74. The second-order valence-electron chi connectivity index (χ2n) is 3.81. The van der Waals surface area contributed by atoms with E-state index in [2.05, 4.69) is 15.3 Å². The van der Waals surface area contributed by atoms with Crippen molar-refractivity contribution in [3.05, 3.63) is 34.3 Å².